The standard InChI is InChI=1S/C26H36ClNO16/c1-10(29)28-19-22(39-14(5)33)20(17(42-25(19)27)8-36-11(2)30)44-26-24(41-16(7)35)23(40-15(6)34)21(38-13(4)32)18(43-26)9-37-12(3)31/h17-26H,8-9H2,1-7H3,(H,28,29)/t17-,18-,19-,20-,21-,22-,23+,24-,25+,26+/m1/s1. The van der Waals surface area contributed by atoms with Crippen molar-refractivity contribution >= 4 is 53.3 Å². The van der Waals surface area contributed by atoms with E-state index in [1.807, 2.05) is 0 Å². The zero-order chi connectivity index (χ0) is 33.3. The Labute approximate surface area is 257 Å². The smallest absolute Gasteiger partial charge is 0.303 e. The number of rotatable bonds is 11. The highest BCUT2D eigenvalue weighted by molar-refractivity contribution is 6.20. The lowest BCUT2D eigenvalue weighted by Crippen LogP contribution is -2.68. The predicted molar refractivity (Wildman–Crippen MR) is 141 cm³/mol. The Hall–Kier alpha value is -3.54. The van der Waals surface area contributed by atoms with Crippen LogP contribution < -0.4 is 5.32 Å². The van der Waals surface area contributed by atoms with Crippen molar-refractivity contribution in [3.05, 3.63) is 0 Å². The van der Waals surface area contributed by atoms with Crippen molar-refractivity contribution in [2.24, 2.45) is 0 Å². The first kappa shape index (κ1) is 36.7. The Bertz CT molecular complexity index is 1100. The maximum absolute atomic E-state index is 12.2. The van der Waals surface area contributed by atoms with Gasteiger partial charge in [-0.25, -0.2) is 0 Å². The second-order valence-corrected chi connectivity index (χ2v) is 10.2. The number of halogens is 1. The summed E-state index contributed by atoms with van der Waals surface area (Å²) in [4.78, 5) is 83.8. The molecule has 0 spiro atoms. The van der Waals surface area contributed by atoms with Crippen molar-refractivity contribution in [1.82, 2.24) is 5.32 Å². The highest BCUT2D eigenvalue weighted by Gasteiger charge is 2.56. The molecule has 44 heavy (non-hydrogen) atoms. The van der Waals surface area contributed by atoms with E-state index in [9.17, 15) is 33.6 Å². The van der Waals surface area contributed by atoms with Crippen molar-refractivity contribution in [1.29, 1.82) is 0 Å². The Kier molecular flexibility index (Phi) is 13.8. The minimum Gasteiger partial charge on any atom is -0.463 e. The molecule has 0 bridgehead atoms. The van der Waals surface area contributed by atoms with E-state index in [1.165, 1.54) is 6.92 Å². The van der Waals surface area contributed by atoms with Crippen LogP contribution in [0.15, 0.2) is 0 Å². The molecule has 1 amide bonds. The number of ether oxygens (including phenoxy) is 9. The Morgan fingerprint density at radius 2 is 1.00 bits per heavy atom. The lowest BCUT2D eigenvalue weighted by molar-refractivity contribution is -0.337. The van der Waals surface area contributed by atoms with Gasteiger partial charge >= 0.3 is 35.8 Å². The largest absolute Gasteiger partial charge is 0.463 e. The highest BCUT2D eigenvalue weighted by Crippen LogP contribution is 2.35. The molecule has 0 saturated carbocycles. The van der Waals surface area contributed by atoms with Gasteiger partial charge in [0, 0.05) is 48.5 Å². The zero-order valence-corrected chi connectivity index (χ0v) is 25.9. The van der Waals surface area contributed by atoms with Gasteiger partial charge in [0.1, 0.15) is 37.6 Å². The summed E-state index contributed by atoms with van der Waals surface area (Å²) in [6, 6.07) is -1.22. The van der Waals surface area contributed by atoms with E-state index in [0.29, 0.717) is 0 Å². The molecule has 2 saturated heterocycles. The van der Waals surface area contributed by atoms with E-state index in [4.69, 9.17) is 54.2 Å². The van der Waals surface area contributed by atoms with Gasteiger partial charge in [-0.1, -0.05) is 11.6 Å². The van der Waals surface area contributed by atoms with Crippen LogP contribution in [0.5, 0.6) is 0 Å². The van der Waals surface area contributed by atoms with Crippen LogP contribution in [0.3, 0.4) is 0 Å². The van der Waals surface area contributed by atoms with Crippen LogP contribution in [0.1, 0.15) is 48.5 Å². The number of nitrogens with one attached hydrogen (secondary N) is 1. The third-order valence-corrected chi connectivity index (χ3v) is 6.37. The summed E-state index contributed by atoms with van der Waals surface area (Å²) in [5, 5.41) is 2.52. The summed E-state index contributed by atoms with van der Waals surface area (Å²) in [5.74, 6) is -5.45. The number of hydrogen-bond acceptors (Lipinski definition) is 16. The maximum Gasteiger partial charge on any atom is 0.303 e. The van der Waals surface area contributed by atoms with Gasteiger partial charge in [-0.2, -0.15) is 0 Å². The molecule has 10 atom stereocenters. The van der Waals surface area contributed by atoms with Gasteiger partial charge in [0.2, 0.25) is 5.91 Å². The predicted octanol–water partition coefficient (Wildman–Crippen LogP) is -0.582. The Balaban J connectivity index is 2.66. The molecule has 1 N–H and O–H groups in total. The lowest BCUT2D eigenvalue weighted by atomic mass is 9.95. The molecule has 2 aliphatic rings. The van der Waals surface area contributed by atoms with Crippen molar-refractivity contribution in [3.63, 3.8) is 0 Å². The molecule has 0 radical (unpaired) electrons. The highest BCUT2D eigenvalue weighted by atomic mass is 35.5. The molecule has 17 nitrogen and oxygen atoms in total. The molecule has 18 heteroatoms. The molecule has 0 aromatic heterocycles. The van der Waals surface area contributed by atoms with Crippen molar-refractivity contribution < 1.29 is 76.2 Å². The van der Waals surface area contributed by atoms with Gasteiger partial charge in [-0.15, -0.1) is 0 Å². The molecule has 0 aromatic carbocycles. The molecule has 2 aliphatic heterocycles. The first-order valence-corrected chi connectivity index (χ1v) is 13.8. The van der Waals surface area contributed by atoms with Gasteiger partial charge in [-0.05, 0) is 0 Å². The fourth-order valence-corrected chi connectivity index (χ4v) is 4.90. The van der Waals surface area contributed by atoms with E-state index < -0.39 is 116 Å². The minimum absolute atomic E-state index is 0.487. The van der Waals surface area contributed by atoms with E-state index in [1.54, 1.807) is 0 Å². The summed E-state index contributed by atoms with van der Waals surface area (Å²) in [6.45, 7) is 6.60. The zero-order valence-electron chi connectivity index (χ0n) is 25.1. The second-order valence-electron chi connectivity index (χ2n) is 9.80. The number of esters is 6. The topological polar surface area (TPSA) is 215 Å². The Morgan fingerprint density at radius 3 is 1.45 bits per heavy atom. The lowest BCUT2D eigenvalue weighted by Gasteiger charge is -2.48. The summed E-state index contributed by atoms with van der Waals surface area (Å²) >= 11 is 6.38. The van der Waals surface area contributed by atoms with Gasteiger partial charge in [-0.3, -0.25) is 33.6 Å². The monoisotopic (exact) mass is 653 g/mol. The number of alkyl halides is 1. The van der Waals surface area contributed by atoms with Crippen molar-refractivity contribution in [2.75, 3.05) is 13.2 Å². The van der Waals surface area contributed by atoms with E-state index in [0.717, 1.165) is 41.5 Å². The molecular formula is C26H36ClNO16. The van der Waals surface area contributed by atoms with Gasteiger partial charge in [0.25, 0.3) is 0 Å². The normalized spacial score (nSPS) is 31.5. The molecule has 248 valence electrons. The average Bonchev–Trinajstić information content (AvgIpc) is 2.87. The van der Waals surface area contributed by atoms with E-state index in [2.05, 4.69) is 5.32 Å². The number of carbonyl (C=O) groups is 7. The third-order valence-electron chi connectivity index (χ3n) is 5.99. The first-order chi connectivity index (χ1) is 20.5. The van der Waals surface area contributed by atoms with Crippen LogP contribution >= 0.6 is 11.6 Å². The van der Waals surface area contributed by atoms with Crippen molar-refractivity contribution in [2.45, 2.75) is 109 Å². The van der Waals surface area contributed by atoms with Crippen LogP contribution in [0.2, 0.25) is 0 Å². The van der Waals surface area contributed by atoms with E-state index >= 15 is 0 Å². The fraction of sp³-hybridized carbons (Fsp3) is 0.731. The molecule has 2 fully saturated rings. The molecule has 2 rings (SSSR count). The van der Waals surface area contributed by atoms with Crippen LogP contribution in [-0.2, 0) is 76.2 Å². The van der Waals surface area contributed by atoms with Gasteiger partial charge in [0.15, 0.2) is 36.3 Å². The van der Waals surface area contributed by atoms with Crippen molar-refractivity contribution in [3.8, 4) is 0 Å². The quantitative estimate of drug-likeness (QED) is 0.168. The maximum atomic E-state index is 12.2. The summed E-state index contributed by atoms with van der Waals surface area (Å²) in [7, 11) is 0. The van der Waals surface area contributed by atoms with E-state index in [-0.39, 0.29) is 0 Å². The first-order valence-electron chi connectivity index (χ1n) is 13.3. The van der Waals surface area contributed by atoms with Crippen LogP contribution in [-0.4, -0.2) is 116 Å². The fourth-order valence-electron chi connectivity index (χ4n) is 4.56. The Morgan fingerprint density at radius 1 is 0.568 bits per heavy atom. The average molecular weight is 654 g/mol. The van der Waals surface area contributed by atoms with Crippen LogP contribution in [0, 0.1) is 0 Å². The molecule has 0 aromatic rings. The molecule has 2 heterocycles. The third kappa shape index (κ3) is 10.9. The van der Waals surface area contributed by atoms with Gasteiger partial charge < -0.3 is 47.9 Å². The molecule has 0 unspecified atom stereocenters. The number of carbonyl (C=O) groups excluding carboxylic acids is 7. The summed E-state index contributed by atoms with van der Waals surface area (Å²) < 4.78 is 49.7. The minimum atomic E-state index is -1.73. The summed E-state index contributed by atoms with van der Waals surface area (Å²) in [6.07, 6.45) is -11.9. The summed E-state index contributed by atoms with van der Waals surface area (Å²) in [5.41, 5.74) is -1.32. The number of amides is 1. The molecular weight excluding hydrogens is 618 g/mol. The van der Waals surface area contributed by atoms with Gasteiger partial charge in [0.05, 0.1) is 0 Å². The molecule has 0 aliphatic carbocycles. The van der Waals surface area contributed by atoms with Crippen LogP contribution in [0.25, 0.3) is 0 Å². The number of hydrogen-bond donors (Lipinski definition) is 1. The second kappa shape index (κ2) is 16.5. The SMILES string of the molecule is CC(=O)N[C@@H]1[C@@H](OC(C)=O)[C@H](O[C@@H]2O[C@H](COC(C)=O)[C@@H](OC(C)=O)[C@H](OC(C)=O)[C@H]2OC(C)=O)[C@@H](COC(C)=O)O[C@@H]1Cl. The van der Waals surface area contributed by atoms with Crippen LogP contribution in [0.4, 0.5) is 0 Å².